The molecule has 2 heterocycles. The third-order valence-electron chi connectivity index (χ3n) is 2.39. The number of hydrogen-bond donors (Lipinski definition) is 3. The first-order valence-electron chi connectivity index (χ1n) is 5.69. The number of hydrogen-bond acceptors (Lipinski definition) is 6. The SMILES string of the molecule is CCCn1cc(S(=O)(=O)NCc2ncn[nH]2)c(N)n1. The van der Waals surface area contributed by atoms with Gasteiger partial charge in [0.1, 0.15) is 17.0 Å². The summed E-state index contributed by atoms with van der Waals surface area (Å²) in [6.07, 6.45) is 3.56. The molecule has 0 radical (unpaired) electrons. The minimum absolute atomic E-state index is 0.0146. The molecule has 19 heavy (non-hydrogen) atoms. The number of nitrogen functional groups attached to an aromatic ring is 1. The molecule has 0 bridgehead atoms. The third-order valence-corrected chi connectivity index (χ3v) is 3.81. The molecule has 104 valence electrons. The lowest BCUT2D eigenvalue weighted by Crippen LogP contribution is -2.24. The zero-order chi connectivity index (χ0) is 13.9. The summed E-state index contributed by atoms with van der Waals surface area (Å²) < 4.78 is 28.0. The summed E-state index contributed by atoms with van der Waals surface area (Å²) >= 11 is 0. The minimum atomic E-state index is -3.71. The Bertz CT molecular complexity index is 632. The van der Waals surface area contributed by atoms with Crippen molar-refractivity contribution >= 4 is 15.8 Å². The lowest BCUT2D eigenvalue weighted by atomic mass is 10.5. The summed E-state index contributed by atoms with van der Waals surface area (Å²) in [5, 5.41) is 10.1. The summed E-state index contributed by atoms with van der Waals surface area (Å²) in [5.74, 6) is 0.404. The molecule has 0 saturated carbocycles. The van der Waals surface area contributed by atoms with Crippen molar-refractivity contribution in [2.45, 2.75) is 31.3 Å². The molecule has 0 amide bonds. The molecule has 0 spiro atoms. The van der Waals surface area contributed by atoms with E-state index in [9.17, 15) is 8.42 Å². The number of anilines is 1. The number of aromatic nitrogens is 5. The van der Waals surface area contributed by atoms with Crippen molar-refractivity contribution in [3.8, 4) is 0 Å². The maximum Gasteiger partial charge on any atom is 0.246 e. The van der Waals surface area contributed by atoms with Crippen molar-refractivity contribution in [2.24, 2.45) is 0 Å². The van der Waals surface area contributed by atoms with Gasteiger partial charge in [0.25, 0.3) is 0 Å². The number of nitrogens with two attached hydrogens (primary N) is 1. The lowest BCUT2D eigenvalue weighted by Gasteiger charge is -2.02. The number of aryl methyl sites for hydroxylation is 1. The first-order chi connectivity index (χ1) is 9.03. The van der Waals surface area contributed by atoms with Crippen molar-refractivity contribution in [1.29, 1.82) is 0 Å². The van der Waals surface area contributed by atoms with E-state index in [1.54, 1.807) is 0 Å². The van der Waals surface area contributed by atoms with E-state index in [1.807, 2.05) is 6.92 Å². The Morgan fingerprint density at radius 3 is 2.95 bits per heavy atom. The molecule has 0 aliphatic carbocycles. The van der Waals surface area contributed by atoms with Gasteiger partial charge in [-0.1, -0.05) is 6.92 Å². The second kappa shape index (κ2) is 5.36. The van der Waals surface area contributed by atoms with Crippen LogP contribution in [-0.4, -0.2) is 33.4 Å². The highest BCUT2D eigenvalue weighted by Gasteiger charge is 2.21. The van der Waals surface area contributed by atoms with E-state index in [1.165, 1.54) is 17.2 Å². The highest BCUT2D eigenvalue weighted by molar-refractivity contribution is 7.89. The maximum atomic E-state index is 12.1. The van der Waals surface area contributed by atoms with E-state index in [0.29, 0.717) is 12.4 Å². The summed E-state index contributed by atoms with van der Waals surface area (Å²) in [6.45, 7) is 2.59. The van der Waals surface area contributed by atoms with Crippen LogP contribution in [-0.2, 0) is 23.1 Å². The van der Waals surface area contributed by atoms with Gasteiger partial charge in [0.05, 0.1) is 6.54 Å². The average Bonchev–Trinajstić information content (AvgIpc) is 2.97. The van der Waals surface area contributed by atoms with Gasteiger partial charge < -0.3 is 5.73 Å². The molecule has 0 unspecified atom stereocenters. The molecule has 2 aromatic heterocycles. The number of nitrogens with one attached hydrogen (secondary N) is 2. The van der Waals surface area contributed by atoms with E-state index in [4.69, 9.17) is 5.73 Å². The van der Waals surface area contributed by atoms with Crippen molar-refractivity contribution in [3.63, 3.8) is 0 Å². The van der Waals surface area contributed by atoms with Gasteiger partial charge >= 0.3 is 0 Å². The highest BCUT2D eigenvalue weighted by Crippen LogP contribution is 2.16. The molecule has 4 N–H and O–H groups in total. The van der Waals surface area contributed by atoms with Gasteiger partial charge in [-0.15, -0.1) is 0 Å². The van der Waals surface area contributed by atoms with E-state index in [-0.39, 0.29) is 17.3 Å². The Labute approximate surface area is 110 Å². The predicted molar refractivity (Wildman–Crippen MR) is 67.3 cm³/mol. The molecule has 9 nitrogen and oxygen atoms in total. The number of rotatable bonds is 6. The lowest BCUT2D eigenvalue weighted by molar-refractivity contribution is 0.577. The highest BCUT2D eigenvalue weighted by atomic mass is 32.2. The van der Waals surface area contributed by atoms with Crippen LogP contribution in [0.1, 0.15) is 19.2 Å². The van der Waals surface area contributed by atoms with Crippen LogP contribution in [0.3, 0.4) is 0 Å². The zero-order valence-electron chi connectivity index (χ0n) is 10.4. The fourth-order valence-corrected chi connectivity index (χ4v) is 2.58. The number of aromatic amines is 1. The van der Waals surface area contributed by atoms with Crippen LogP contribution in [0.15, 0.2) is 17.4 Å². The molecule has 0 fully saturated rings. The Hall–Kier alpha value is -1.94. The van der Waals surface area contributed by atoms with Gasteiger partial charge in [0, 0.05) is 12.7 Å². The molecule has 2 aromatic rings. The Morgan fingerprint density at radius 2 is 2.32 bits per heavy atom. The van der Waals surface area contributed by atoms with Crippen LogP contribution < -0.4 is 10.5 Å². The monoisotopic (exact) mass is 285 g/mol. The quantitative estimate of drug-likeness (QED) is 0.654. The Morgan fingerprint density at radius 1 is 1.53 bits per heavy atom. The van der Waals surface area contributed by atoms with Gasteiger partial charge in [-0.2, -0.15) is 10.2 Å². The van der Waals surface area contributed by atoms with E-state index in [2.05, 4.69) is 25.0 Å². The number of nitrogens with zero attached hydrogens (tertiary/aromatic N) is 4. The maximum absolute atomic E-state index is 12.1. The topological polar surface area (TPSA) is 132 Å². The molecule has 0 aromatic carbocycles. The second-order valence-corrected chi connectivity index (χ2v) is 5.63. The molecule has 0 aliphatic heterocycles. The first kappa shape index (κ1) is 13.5. The fraction of sp³-hybridized carbons (Fsp3) is 0.444. The van der Waals surface area contributed by atoms with Gasteiger partial charge in [0.2, 0.25) is 10.0 Å². The molecular weight excluding hydrogens is 270 g/mol. The molecular formula is C9H15N7O2S. The molecule has 10 heteroatoms. The van der Waals surface area contributed by atoms with Crippen LogP contribution in [0, 0.1) is 0 Å². The number of sulfonamides is 1. The van der Waals surface area contributed by atoms with Gasteiger partial charge in [-0.3, -0.25) is 9.78 Å². The fourth-order valence-electron chi connectivity index (χ4n) is 1.53. The zero-order valence-corrected chi connectivity index (χ0v) is 11.2. The average molecular weight is 285 g/mol. The van der Waals surface area contributed by atoms with E-state index in [0.717, 1.165) is 6.42 Å². The van der Waals surface area contributed by atoms with Crippen LogP contribution in [0.5, 0.6) is 0 Å². The summed E-state index contributed by atoms with van der Waals surface area (Å²) in [4.78, 5) is 3.80. The van der Waals surface area contributed by atoms with Gasteiger partial charge in [0.15, 0.2) is 5.82 Å². The van der Waals surface area contributed by atoms with Crippen LogP contribution in [0.2, 0.25) is 0 Å². The molecule has 0 atom stereocenters. The van der Waals surface area contributed by atoms with Gasteiger partial charge in [-0.25, -0.2) is 18.1 Å². The summed E-state index contributed by atoms with van der Waals surface area (Å²) in [7, 11) is -3.71. The van der Waals surface area contributed by atoms with Crippen molar-refractivity contribution in [3.05, 3.63) is 18.3 Å². The summed E-state index contributed by atoms with van der Waals surface area (Å²) in [5.41, 5.74) is 5.62. The molecule has 2 rings (SSSR count). The normalized spacial score (nSPS) is 11.8. The molecule has 0 saturated heterocycles. The number of H-pyrrole nitrogens is 1. The first-order valence-corrected chi connectivity index (χ1v) is 7.18. The Kier molecular flexibility index (Phi) is 3.81. The van der Waals surface area contributed by atoms with Crippen molar-refractivity contribution in [1.82, 2.24) is 29.7 Å². The van der Waals surface area contributed by atoms with E-state index < -0.39 is 10.0 Å². The standard InChI is InChI=1S/C9H15N7O2S/c1-2-3-16-5-7(9(10)15-16)19(17,18)13-4-8-11-6-12-14-8/h5-6,13H,2-4H2,1H3,(H2,10,15)(H,11,12,14). The smallest absolute Gasteiger partial charge is 0.246 e. The van der Waals surface area contributed by atoms with E-state index >= 15 is 0 Å². The predicted octanol–water partition coefficient (Wildman–Crippen LogP) is -0.528. The summed E-state index contributed by atoms with van der Waals surface area (Å²) in [6, 6.07) is 0. The largest absolute Gasteiger partial charge is 0.381 e. The van der Waals surface area contributed by atoms with Crippen molar-refractivity contribution in [2.75, 3.05) is 5.73 Å². The van der Waals surface area contributed by atoms with Gasteiger partial charge in [-0.05, 0) is 6.42 Å². The third kappa shape index (κ3) is 3.09. The molecule has 0 aliphatic rings. The van der Waals surface area contributed by atoms with Crippen molar-refractivity contribution < 1.29 is 8.42 Å². The minimum Gasteiger partial charge on any atom is -0.381 e. The van der Waals surface area contributed by atoms with Crippen LogP contribution in [0.25, 0.3) is 0 Å². The van der Waals surface area contributed by atoms with Crippen LogP contribution in [0.4, 0.5) is 5.82 Å². The van der Waals surface area contributed by atoms with Crippen LogP contribution >= 0.6 is 0 Å². The second-order valence-electron chi connectivity index (χ2n) is 3.90. The Balaban J connectivity index is 2.14.